The van der Waals surface area contributed by atoms with Crippen molar-refractivity contribution in [1.82, 2.24) is 0 Å². The van der Waals surface area contributed by atoms with E-state index in [4.69, 9.17) is 0 Å². The second-order valence-electron chi connectivity index (χ2n) is 7.54. The molecular formula is C24H20O2. The number of phenolic OH excluding ortho intramolecular Hbond substituents is 2. The molecule has 0 aliphatic carbocycles. The highest BCUT2D eigenvalue weighted by Gasteiger charge is 2.21. The quantitative estimate of drug-likeness (QED) is 0.253. The summed E-state index contributed by atoms with van der Waals surface area (Å²) in [6.45, 7) is 8.26. The first-order valence-electron chi connectivity index (χ1n) is 8.92. The van der Waals surface area contributed by atoms with Gasteiger partial charge in [-0.25, -0.2) is 0 Å². The topological polar surface area (TPSA) is 40.5 Å². The predicted molar refractivity (Wildman–Crippen MR) is 110 cm³/mol. The van der Waals surface area contributed by atoms with Crippen LogP contribution < -0.4 is 0 Å². The maximum absolute atomic E-state index is 10.9. The third-order valence-corrected chi connectivity index (χ3v) is 5.87. The van der Waals surface area contributed by atoms with E-state index in [1.54, 1.807) is 0 Å². The van der Waals surface area contributed by atoms with Crippen molar-refractivity contribution >= 4 is 43.1 Å². The lowest BCUT2D eigenvalue weighted by molar-refractivity contribution is 0.480. The molecule has 0 saturated carbocycles. The first-order valence-corrected chi connectivity index (χ1v) is 8.92. The van der Waals surface area contributed by atoms with Crippen LogP contribution in [0.25, 0.3) is 43.1 Å². The standard InChI is InChI=1S/C24H20O2/c1-11-5-7-15-22-18(26)10-14(4)20-12(2)6-8-16(24(20)22)21-17(25)9-13(3)19(11)23(15)21/h5-10,25-26H,1-4H3. The number of aromatic hydroxyl groups is 2. The zero-order valence-corrected chi connectivity index (χ0v) is 15.4. The van der Waals surface area contributed by atoms with Crippen molar-refractivity contribution in [2.45, 2.75) is 27.7 Å². The number of hydrogen-bond donors (Lipinski definition) is 2. The zero-order chi connectivity index (χ0) is 18.3. The van der Waals surface area contributed by atoms with Gasteiger partial charge in [0.15, 0.2) is 0 Å². The van der Waals surface area contributed by atoms with Gasteiger partial charge in [0.25, 0.3) is 0 Å². The van der Waals surface area contributed by atoms with Crippen LogP contribution in [0, 0.1) is 27.7 Å². The summed E-state index contributed by atoms with van der Waals surface area (Å²) in [5, 5.41) is 29.9. The first kappa shape index (κ1) is 15.3. The van der Waals surface area contributed by atoms with Crippen LogP contribution in [0.4, 0.5) is 0 Å². The Balaban J connectivity index is 2.32. The van der Waals surface area contributed by atoms with Crippen molar-refractivity contribution in [3.63, 3.8) is 0 Å². The molecule has 0 radical (unpaired) electrons. The van der Waals surface area contributed by atoms with Gasteiger partial charge < -0.3 is 10.2 Å². The van der Waals surface area contributed by atoms with E-state index < -0.39 is 0 Å². The van der Waals surface area contributed by atoms with E-state index >= 15 is 0 Å². The molecule has 128 valence electrons. The van der Waals surface area contributed by atoms with Crippen LogP contribution in [0.3, 0.4) is 0 Å². The van der Waals surface area contributed by atoms with Crippen molar-refractivity contribution in [2.24, 2.45) is 0 Å². The van der Waals surface area contributed by atoms with E-state index in [1.807, 2.05) is 26.0 Å². The molecule has 2 N–H and O–H groups in total. The Hall–Kier alpha value is -3.00. The van der Waals surface area contributed by atoms with Gasteiger partial charge in [0.1, 0.15) is 11.5 Å². The monoisotopic (exact) mass is 340 g/mol. The van der Waals surface area contributed by atoms with Crippen LogP contribution in [0.1, 0.15) is 22.3 Å². The Labute approximate surface area is 151 Å². The van der Waals surface area contributed by atoms with Crippen LogP contribution in [0.2, 0.25) is 0 Å². The predicted octanol–water partition coefficient (Wildman–Crippen LogP) is 6.38. The van der Waals surface area contributed by atoms with Crippen molar-refractivity contribution in [1.29, 1.82) is 0 Å². The zero-order valence-electron chi connectivity index (χ0n) is 15.4. The lowest BCUT2D eigenvalue weighted by atomic mass is 9.84. The summed E-state index contributed by atoms with van der Waals surface area (Å²) in [6.07, 6.45) is 0. The normalized spacial score (nSPS) is 12.2. The molecule has 0 bridgehead atoms. The van der Waals surface area contributed by atoms with Crippen molar-refractivity contribution in [2.75, 3.05) is 0 Å². The number of fused-ring (bicyclic) bond motifs is 2. The molecule has 0 heterocycles. The maximum Gasteiger partial charge on any atom is 0.124 e. The average molecular weight is 340 g/mol. The van der Waals surface area contributed by atoms with Gasteiger partial charge in [-0.1, -0.05) is 24.3 Å². The highest BCUT2D eigenvalue weighted by molar-refractivity contribution is 6.36. The van der Waals surface area contributed by atoms with Gasteiger partial charge in [0.05, 0.1) is 0 Å². The molecule has 0 aromatic heterocycles. The van der Waals surface area contributed by atoms with Gasteiger partial charge in [-0.05, 0) is 83.6 Å². The fraction of sp³-hybridized carbons (Fsp3) is 0.167. The van der Waals surface area contributed by atoms with Gasteiger partial charge in [-0.3, -0.25) is 0 Å². The highest BCUT2D eigenvalue weighted by atomic mass is 16.3. The summed E-state index contributed by atoms with van der Waals surface area (Å²) < 4.78 is 0. The van der Waals surface area contributed by atoms with E-state index in [0.717, 1.165) is 54.2 Å². The number of hydrogen-bond acceptors (Lipinski definition) is 2. The Morgan fingerprint density at radius 1 is 0.462 bits per heavy atom. The summed E-state index contributed by atoms with van der Waals surface area (Å²) in [7, 11) is 0. The van der Waals surface area contributed by atoms with Gasteiger partial charge >= 0.3 is 0 Å². The van der Waals surface area contributed by atoms with Crippen molar-refractivity contribution in [3.05, 3.63) is 58.7 Å². The fourth-order valence-corrected chi connectivity index (χ4v) is 4.87. The Morgan fingerprint density at radius 3 is 1.23 bits per heavy atom. The van der Waals surface area contributed by atoms with Gasteiger partial charge in [-0.2, -0.15) is 0 Å². The minimum Gasteiger partial charge on any atom is -0.507 e. The first-order chi connectivity index (χ1) is 12.4. The van der Waals surface area contributed by atoms with Crippen molar-refractivity contribution < 1.29 is 10.2 Å². The Bertz CT molecular complexity index is 1270. The average Bonchev–Trinajstić information content (AvgIpc) is 2.57. The highest BCUT2D eigenvalue weighted by Crippen LogP contribution is 2.48. The van der Waals surface area contributed by atoms with Crippen LogP contribution in [0.5, 0.6) is 11.5 Å². The fourth-order valence-electron chi connectivity index (χ4n) is 4.87. The molecule has 26 heavy (non-hydrogen) atoms. The molecule has 5 aromatic rings. The molecule has 0 atom stereocenters. The summed E-state index contributed by atoms with van der Waals surface area (Å²) in [6, 6.07) is 12.1. The number of rotatable bonds is 0. The lowest BCUT2D eigenvalue weighted by Crippen LogP contribution is -1.94. The van der Waals surface area contributed by atoms with E-state index in [1.165, 1.54) is 11.1 Å². The largest absolute Gasteiger partial charge is 0.507 e. The summed E-state index contributed by atoms with van der Waals surface area (Å²) in [4.78, 5) is 0. The molecule has 2 heteroatoms. The van der Waals surface area contributed by atoms with Gasteiger partial charge in [-0.15, -0.1) is 0 Å². The summed E-state index contributed by atoms with van der Waals surface area (Å²) in [5.41, 5.74) is 4.47. The Morgan fingerprint density at radius 2 is 0.846 bits per heavy atom. The van der Waals surface area contributed by atoms with Gasteiger partial charge in [0.2, 0.25) is 0 Å². The number of benzene rings is 5. The van der Waals surface area contributed by atoms with Crippen molar-refractivity contribution in [3.8, 4) is 11.5 Å². The van der Waals surface area contributed by atoms with E-state index in [9.17, 15) is 10.2 Å². The molecule has 0 aliphatic rings. The molecule has 0 saturated heterocycles. The minimum absolute atomic E-state index is 0.304. The summed E-state index contributed by atoms with van der Waals surface area (Å²) >= 11 is 0. The molecule has 0 amide bonds. The molecule has 0 aliphatic heterocycles. The maximum atomic E-state index is 10.9. The molecule has 0 spiro atoms. The molecule has 5 aromatic carbocycles. The van der Waals surface area contributed by atoms with Crippen LogP contribution >= 0.6 is 0 Å². The molecular weight excluding hydrogens is 320 g/mol. The summed E-state index contributed by atoms with van der Waals surface area (Å²) in [5.74, 6) is 0.609. The molecule has 0 fully saturated rings. The number of phenols is 2. The van der Waals surface area contributed by atoms with Crippen LogP contribution in [0.15, 0.2) is 36.4 Å². The van der Waals surface area contributed by atoms with E-state index in [0.29, 0.717) is 11.5 Å². The third kappa shape index (κ3) is 1.67. The SMILES string of the molecule is Cc1ccc2c3c(O)cc(C)c4c(C)ccc(c5c(O)cc(C)c1c25)c43. The minimum atomic E-state index is 0.304. The third-order valence-electron chi connectivity index (χ3n) is 5.87. The smallest absolute Gasteiger partial charge is 0.124 e. The lowest BCUT2D eigenvalue weighted by Gasteiger charge is -2.20. The molecule has 5 rings (SSSR count). The Kier molecular flexibility index (Phi) is 2.81. The van der Waals surface area contributed by atoms with Crippen LogP contribution in [-0.4, -0.2) is 10.2 Å². The number of aryl methyl sites for hydroxylation is 4. The van der Waals surface area contributed by atoms with E-state index in [2.05, 4.69) is 38.1 Å². The molecule has 0 unspecified atom stereocenters. The van der Waals surface area contributed by atoms with Gasteiger partial charge in [0, 0.05) is 21.5 Å². The van der Waals surface area contributed by atoms with Crippen LogP contribution in [-0.2, 0) is 0 Å². The molecule has 2 nitrogen and oxygen atoms in total. The second kappa shape index (κ2) is 4.79. The second-order valence-corrected chi connectivity index (χ2v) is 7.54. The van der Waals surface area contributed by atoms with E-state index in [-0.39, 0.29) is 0 Å².